The van der Waals surface area contributed by atoms with Crippen molar-refractivity contribution in [3.05, 3.63) is 0 Å². The lowest BCUT2D eigenvalue weighted by Gasteiger charge is -2.08. The average molecular weight is 423 g/mol. The number of hydrogen-bond acceptors (Lipinski definition) is 7. The summed E-state index contributed by atoms with van der Waals surface area (Å²) in [5.41, 5.74) is 0. The van der Waals surface area contributed by atoms with Crippen molar-refractivity contribution >= 4 is 17.6 Å². The van der Waals surface area contributed by atoms with E-state index < -0.39 is 0 Å². The van der Waals surface area contributed by atoms with Gasteiger partial charge in [-0.05, 0) is 6.92 Å². The standard InChI is InChI=1S/C16H30N2O7.2C2H6/c1-3-15(20)17-4-6-22-9-11-25-13-16(21)18-5-7-23-8-10-24-12-14(2)19;2*1-2/h3-13H2,1-2H3,(H,17,20)(H,18,21);2*1-2H3. The first-order valence-electron chi connectivity index (χ1n) is 10.4. The molecule has 174 valence electrons. The highest BCUT2D eigenvalue weighted by molar-refractivity contribution is 5.77. The number of nitrogens with one attached hydrogen (secondary N) is 2. The number of carbonyl (C=O) groups excluding carboxylic acids is 3. The van der Waals surface area contributed by atoms with Crippen molar-refractivity contribution in [2.24, 2.45) is 0 Å². The highest BCUT2D eigenvalue weighted by Gasteiger charge is 2.01. The first-order chi connectivity index (χ1) is 14.1. The second-order valence-electron chi connectivity index (χ2n) is 5.09. The number of amides is 2. The SMILES string of the molecule is CC.CC.CCC(=O)NCCOCCOCC(=O)NCCOCCOCC(C)=O. The Hall–Kier alpha value is -1.55. The van der Waals surface area contributed by atoms with Crippen molar-refractivity contribution in [3.8, 4) is 0 Å². The Balaban J connectivity index is -0.00000158. The molecular weight excluding hydrogens is 380 g/mol. The normalized spacial score (nSPS) is 9.45. The molecule has 0 bridgehead atoms. The second-order valence-corrected chi connectivity index (χ2v) is 5.09. The molecule has 0 saturated carbocycles. The Morgan fingerprint density at radius 3 is 1.48 bits per heavy atom. The van der Waals surface area contributed by atoms with Gasteiger partial charge >= 0.3 is 0 Å². The van der Waals surface area contributed by atoms with Gasteiger partial charge in [0.1, 0.15) is 13.2 Å². The number of ether oxygens (including phenoxy) is 4. The highest BCUT2D eigenvalue weighted by Crippen LogP contribution is 1.82. The highest BCUT2D eigenvalue weighted by atomic mass is 16.5. The molecule has 0 aliphatic rings. The zero-order valence-corrected chi connectivity index (χ0v) is 19.1. The summed E-state index contributed by atoms with van der Waals surface area (Å²) in [6.45, 7) is 14.3. The third-order valence-electron chi connectivity index (χ3n) is 2.74. The summed E-state index contributed by atoms with van der Waals surface area (Å²) in [5, 5.41) is 5.34. The van der Waals surface area contributed by atoms with E-state index >= 15 is 0 Å². The maximum atomic E-state index is 11.5. The van der Waals surface area contributed by atoms with Crippen molar-refractivity contribution < 1.29 is 33.3 Å². The Bertz CT molecular complexity index is 380. The van der Waals surface area contributed by atoms with Crippen LogP contribution in [-0.2, 0) is 33.3 Å². The molecule has 0 heterocycles. The molecule has 0 fully saturated rings. The predicted octanol–water partition coefficient (Wildman–Crippen LogP) is 1.34. The van der Waals surface area contributed by atoms with E-state index in [2.05, 4.69) is 10.6 Å². The van der Waals surface area contributed by atoms with E-state index in [4.69, 9.17) is 18.9 Å². The van der Waals surface area contributed by atoms with E-state index in [1.54, 1.807) is 6.92 Å². The Labute approximate surface area is 176 Å². The molecule has 0 unspecified atom stereocenters. The molecule has 2 N–H and O–H groups in total. The smallest absolute Gasteiger partial charge is 0.246 e. The van der Waals surface area contributed by atoms with Crippen LogP contribution in [0.25, 0.3) is 0 Å². The summed E-state index contributed by atoms with van der Waals surface area (Å²) in [6.07, 6.45) is 0.455. The van der Waals surface area contributed by atoms with Gasteiger partial charge in [0.05, 0.1) is 39.6 Å². The summed E-state index contributed by atoms with van der Waals surface area (Å²) in [4.78, 5) is 33.0. The van der Waals surface area contributed by atoms with Gasteiger partial charge in [0.15, 0.2) is 5.78 Å². The number of carbonyl (C=O) groups is 3. The van der Waals surface area contributed by atoms with Crippen molar-refractivity contribution in [3.63, 3.8) is 0 Å². The average Bonchev–Trinajstić information content (AvgIpc) is 2.74. The van der Waals surface area contributed by atoms with Crippen LogP contribution in [0, 0.1) is 0 Å². The Kier molecular flexibility index (Phi) is 31.7. The van der Waals surface area contributed by atoms with E-state index in [1.807, 2.05) is 27.7 Å². The van der Waals surface area contributed by atoms with Crippen LogP contribution in [0.4, 0.5) is 0 Å². The quantitative estimate of drug-likeness (QED) is 0.340. The zero-order valence-electron chi connectivity index (χ0n) is 19.1. The molecule has 0 saturated heterocycles. The molecule has 0 aromatic carbocycles. The van der Waals surface area contributed by atoms with Crippen LogP contribution in [0.2, 0.25) is 0 Å². The molecule has 9 nitrogen and oxygen atoms in total. The van der Waals surface area contributed by atoms with Crippen molar-refractivity contribution in [2.45, 2.75) is 48.0 Å². The molecule has 0 aliphatic heterocycles. The maximum Gasteiger partial charge on any atom is 0.246 e. The van der Waals surface area contributed by atoms with Gasteiger partial charge in [-0.2, -0.15) is 0 Å². The summed E-state index contributed by atoms with van der Waals surface area (Å²) >= 11 is 0. The number of ketones is 1. The lowest BCUT2D eigenvalue weighted by molar-refractivity contribution is -0.127. The number of Topliss-reactive ketones (excluding diaryl/α,β-unsaturated/α-hetero) is 1. The minimum Gasteiger partial charge on any atom is -0.377 e. The summed E-state index contributed by atoms with van der Waals surface area (Å²) in [6, 6.07) is 0. The lowest BCUT2D eigenvalue weighted by Crippen LogP contribution is -2.31. The molecule has 0 radical (unpaired) electrons. The minimum absolute atomic E-state index is 0.0101. The Morgan fingerprint density at radius 1 is 0.621 bits per heavy atom. The topological polar surface area (TPSA) is 112 Å². The monoisotopic (exact) mass is 422 g/mol. The molecule has 0 rings (SSSR count). The van der Waals surface area contributed by atoms with E-state index in [0.29, 0.717) is 59.2 Å². The van der Waals surface area contributed by atoms with Crippen LogP contribution in [0.5, 0.6) is 0 Å². The first kappa shape index (κ1) is 32.1. The van der Waals surface area contributed by atoms with Crippen molar-refractivity contribution in [1.82, 2.24) is 10.6 Å². The fraction of sp³-hybridized carbons (Fsp3) is 0.850. The van der Waals surface area contributed by atoms with E-state index in [-0.39, 0.29) is 30.8 Å². The molecule has 9 heteroatoms. The summed E-state index contributed by atoms with van der Waals surface area (Å²) in [7, 11) is 0. The maximum absolute atomic E-state index is 11.5. The molecule has 2 amide bonds. The second kappa shape index (κ2) is 28.7. The van der Waals surface area contributed by atoms with Gasteiger partial charge in [0.25, 0.3) is 0 Å². The first-order valence-corrected chi connectivity index (χ1v) is 10.4. The fourth-order valence-corrected chi connectivity index (χ4v) is 1.52. The van der Waals surface area contributed by atoms with Crippen LogP contribution in [0.1, 0.15) is 48.0 Å². The molecule has 0 aromatic heterocycles. The molecule has 0 spiro atoms. The van der Waals surface area contributed by atoms with Gasteiger partial charge in [-0.3, -0.25) is 14.4 Å². The largest absolute Gasteiger partial charge is 0.377 e. The lowest BCUT2D eigenvalue weighted by atomic mass is 10.4. The summed E-state index contributed by atoms with van der Waals surface area (Å²) in [5.74, 6) is -0.267. The summed E-state index contributed by atoms with van der Waals surface area (Å²) < 4.78 is 20.7. The van der Waals surface area contributed by atoms with Gasteiger partial charge < -0.3 is 29.6 Å². The van der Waals surface area contributed by atoms with E-state index in [1.165, 1.54) is 6.92 Å². The van der Waals surface area contributed by atoms with Crippen LogP contribution >= 0.6 is 0 Å². The molecule has 0 atom stereocenters. The fourth-order valence-electron chi connectivity index (χ4n) is 1.52. The van der Waals surface area contributed by atoms with Crippen molar-refractivity contribution in [2.75, 3.05) is 65.9 Å². The third-order valence-corrected chi connectivity index (χ3v) is 2.74. The predicted molar refractivity (Wildman–Crippen MR) is 113 cm³/mol. The zero-order chi connectivity index (χ0) is 22.8. The molecular formula is C20H42N2O7. The number of rotatable bonds is 17. The van der Waals surface area contributed by atoms with Gasteiger partial charge in [-0.1, -0.05) is 34.6 Å². The van der Waals surface area contributed by atoms with Crippen LogP contribution < -0.4 is 10.6 Å². The van der Waals surface area contributed by atoms with Gasteiger partial charge in [-0.25, -0.2) is 0 Å². The Morgan fingerprint density at radius 2 is 1.03 bits per heavy atom. The van der Waals surface area contributed by atoms with Crippen LogP contribution in [0.15, 0.2) is 0 Å². The van der Waals surface area contributed by atoms with E-state index in [0.717, 1.165) is 0 Å². The van der Waals surface area contributed by atoms with Gasteiger partial charge in [0.2, 0.25) is 11.8 Å². The van der Waals surface area contributed by atoms with Gasteiger partial charge in [-0.15, -0.1) is 0 Å². The molecule has 0 aromatic rings. The number of hydrogen-bond donors (Lipinski definition) is 2. The third kappa shape index (κ3) is 31.4. The van der Waals surface area contributed by atoms with Gasteiger partial charge in [0, 0.05) is 19.5 Å². The van der Waals surface area contributed by atoms with Crippen LogP contribution in [-0.4, -0.2) is 83.5 Å². The van der Waals surface area contributed by atoms with Crippen LogP contribution in [0.3, 0.4) is 0 Å². The van der Waals surface area contributed by atoms with Crippen molar-refractivity contribution in [1.29, 1.82) is 0 Å². The minimum atomic E-state index is -0.230. The van der Waals surface area contributed by atoms with E-state index in [9.17, 15) is 14.4 Å². The molecule has 0 aliphatic carbocycles. The molecule has 29 heavy (non-hydrogen) atoms.